The van der Waals surface area contributed by atoms with E-state index in [0.29, 0.717) is 0 Å². The average Bonchev–Trinajstić information content (AvgIpc) is 2.76. The Labute approximate surface area is 95.4 Å². The van der Waals surface area contributed by atoms with Crippen LogP contribution in [0, 0.1) is 6.92 Å². The molecule has 1 fully saturated rings. The molecule has 0 radical (unpaired) electrons. The summed E-state index contributed by atoms with van der Waals surface area (Å²) in [5, 5.41) is 1.39. The van der Waals surface area contributed by atoms with Crippen LogP contribution in [-0.2, 0) is 6.42 Å². The molecule has 0 aromatic carbocycles. The first kappa shape index (κ1) is 10.5. The van der Waals surface area contributed by atoms with Crippen molar-refractivity contribution in [3.8, 4) is 0 Å². The van der Waals surface area contributed by atoms with Crippen molar-refractivity contribution in [2.45, 2.75) is 44.9 Å². The van der Waals surface area contributed by atoms with Crippen LogP contribution in [0.15, 0.2) is 0 Å². The molecule has 0 spiro atoms. The summed E-state index contributed by atoms with van der Waals surface area (Å²) in [4.78, 5) is 6.14. The van der Waals surface area contributed by atoms with Crippen molar-refractivity contribution < 1.29 is 0 Å². The van der Waals surface area contributed by atoms with Crippen LogP contribution in [-0.4, -0.2) is 10.7 Å². The van der Waals surface area contributed by atoms with Crippen LogP contribution in [0.4, 0.5) is 0 Å². The molecule has 0 saturated heterocycles. The van der Waals surface area contributed by atoms with Crippen LogP contribution in [0.3, 0.4) is 0 Å². The lowest BCUT2D eigenvalue weighted by molar-refractivity contribution is 0.714. The fourth-order valence-corrected chi connectivity index (χ4v) is 3.74. The molecule has 1 heterocycles. The van der Waals surface area contributed by atoms with Gasteiger partial charge in [0.2, 0.25) is 0 Å². The van der Waals surface area contributed by atoms with E-state index < -0.39 is 0 Å². The van der Waals surface area contributed by atoms with Crippen LogP contribution in [0.25, 0.3) is 0 Å². The van der Waals surface area contributed by atoms with Gasteiger partial charge in [-0.2, -0.15) is 12.6 Å². The highest BCUT2D eigenvalue weighted by molar-refractivity contribution is 7.80. The van der Waals surface area contributed by atoms with Gasteiger partial charge in [-0.25, -0.2) is 4.98 Å². The smallest absolute Gasteiger partial charge is 0.0961 e. The van der Waals surface area contributed by atoms with Gasteiger partial charge in [-0.15, -0.1) is 11.3 Å². The summed E-state index contributed by atoms with van der Waals surface area (Å²) in [6.45, 7) is 2.13. The van der Waals surface area contributed by atoms with Crippen molar-refractivity contribution in [1.29, 1.82) is 0 Å². The van der Waals surface area contributed by atoms with Crippen molar-refractivity contribution >= 4 is 24.0 Å². The maximum absolute atomic E-state index is 4.70. The van der Waals surface area contributed by atoms with E-state index in [4.69, 9.17) is 4.98 Å². The molecule has 1 nitrogen and oxygen atoms in total. The molecule has 1 aromatic heterocycles. The van der Waals surface area contributed by atoms with Crippen LogP contribution in [0.2, 0.25) is 0 Å². The minimum Gasteiger partial charge on any atom is -0.246 e. The molecule has 3 heteroatoms. The quantitative estimate of drug-likeness (QED) is 0.779. The highest BCUT2D eigenvalue weighted by Crippen LogP contribution is 2.37. The summed E-state index contributed by atoms with van der Waals surface area (Å²) in [5.74, 6) is 1.71. The van der Waals surface area contributed by atoms with E-state index in [2.05, 4.69) is 19.6 Å². The van der Waals surface area contributed by atoms with Crippen LogP contribution in [0.1, 0.15) is 47.2 Å². The van der Waals surface area contributed by atoms with Crippen LogP contribution in [0.5, 0.6) is 0 Å². The zero-order valence-electron chi connectivity index (χ0n) is 8.62. The molecule has 0 atom stereocenters. The lowest BCUT2D eigenvalue weighted by Crippen LogP contribution is -1.90. The van der Waals surface area contributed by atoms with E-state index in [-0.39, 0.29) is 0 Å². The lowest BCUT2D eigenvalue weighted by atomic mass is 10.1. The number of hydrogen-bond acceptors (Lipinski definition) is 3. The third-order valence-corrected chi connectivity index (χ3v) is 4.56. The Bertz CT molecular complexity index is 300. The molecule has 0 aliphatic heterocycles. The maximum atomic E-state index is 4.70. The van der Waals surface area contributed by atoms with Gasteiger partial charge in [0.25, 0.3) is 0 Å². The predicted octanol–water partition coefficient (Wildman–Crippen LogP) is 3.58. The van der Waals surface area contributed by atoms with Crippen LogP contribution >= 0.6 is 24.0 Å². The van der Waals surface area contributed by atoms with E-state index in [1.807, 2.05) is 11.3 Å². The third kappa shape index (κ3) is 2.14. The number of hydrogen-bond donors (Lipinski definition) is 1. The average molecular weight is 227 g/mol. The Morgan fingerprint density at radius 2 is 2.14 bits per heavy atom. The second-order valence-corrected chi connectivity index (χ2v) is 5.58. The summed E-state index contributed by atoms with van der Waals surface area (Å²) in [6.07, 6.45) is 6.58. The number of nitrogens with zero attached hydrogens (tertiary/aromatic N) is 1. The molecule has 1 aliphatic rings. The molecule has 0 unspecified atom stereocenters. The van der Waals surface area contributed by atoms with Crippen LogP contribution < -0.4 is 0 Å². The summed E-state index contributed by atoms with van der Waals surface area (Å²) in [6, 6.07) is 0. The molecule has 14 heavy (non-hydrogen) atoms. The van der Waals surface area contributed by atoms with E-state index >= 15 is 0 Å². The lowest BCUT2D eigenvalue weighted by Gasteiger charge is -2.02. The van der Waals surface area contributed by atoms with Crippen molar-refractivity contribution in [1.82, 2.24) is 4.98 Å². The topological polar surface area (TPSA) is 12.9 Å². The Balaban J connectivity index is 2.14. The second kappa shape index (κ2) is 4.67. The minimum atomic E-state index is 0.771. The first-order chi connectivity index (χ1) is 6.81. The van der Waals surface area contributed by atoms with Crippen molar-refractivity contribution in [2.24, 2.45) is 0 Å². The third-order valence-electron chi connectivity index (χ3n) is 2.95. The zero-order chi connectivity index (χ0) is 9.97. The molecule has 78 valence electrons. The Kier molecular flexibility index (Phi) is 3.50. The van der Waals surface area contributed by atoms with E-state index in [0.717, 1.165) is 18.1 Å². The molecule has 1 saturated carbocycles. The second-order valence-electron chi connectivity index (χ2n) is 4.02. The van der Waals surface area contributed by atoms with Gasteiger partial charge >= 0.3 is 0 Å². The summed E-state index contributed by atoms with van der Waals surface area (Å²) in [7, 11) is 0. The molecule has 1 aromatic rings. The largest absolute Gasteiger partial charge is 0.246 e. The standard InChI is InChI=1S/C11H17NS2/c1-8-10(6-7-13)14-11(12-8)9-4-2-3-5-9/h9,13H,2-7H2,1H3. The molecule has 1 aliphatic carbocycles. The number of thiazole rings is 1. The van der Waals surface area contributed by atoms with E-state index in [9.17, 15) is 0 Å². The van der Waals surface area contributed by atoms with Crippen molar-refractivity contribution in [3.05, 3.63) is 15.6 Å². The maximum Gasteiger partial charge on any atom is 0.0961 e. The van der Waals surface area contributed by atoms with Crippen molar-refractivity contribution in [3.63, 3.8) is 0 Å². The van der Waals surface area contributed by atoms with Gasteiger partial charge in [0.15, 0.2) is 0 Å². The van der Waals surface area contributed by atoms with Gasteiger partial charge in [0.1, 0.15) is 0 Å². The number of aromatic nitrogens is 1. The summed E-state index contributed by atoms with van der Waals surface area (Å²) in [5.41, 5.74) is 1.24. The van der Waals surface area contributed by atoms with Gasteiger partial charge in [-0.3, -0.25) is 0 Å². The monoisotopic (exact) mass is 227 g/mol. The first-order valence-corrected chi connectivity index (χ1v) is 6.83. The fraction of sp³-hybridized carbons (Fsp3) is 0.727. The van der Waals surface area contributed by atoms with Gasteiger partial charge in [0, 0.05) is 10.8 Å². The molecule has 0 amide bonds. The Morgan fingerprint density at radius 3 is 2.79 bits per heavy atom. The highest BCUT2D eigenvalue weighted by Gasteiger charge is 2.21. The first-order valence-electron chi connectivity index (χ1n) is 5.38. The fourth-order valence-electron chi connectivity index (χ4n) is 2.13. The van der Waals surface area contributed by atoms with E-state index in [1.54, 1.807) is 0 Å². The summed E-state index contributed by atoms with van der Waals surface area (Å²) < 4.78 is 0. The summed E-state index contributed by atoms with van der Waals surface area (Å²) >= 11 is 6.20. The minimum absolute atomic E-state index is 0.771. The van der Waals surface area contributed by atoms with Gasteiger partial charge in [-0.05, 0) is 31.9 Å². The molecular formula is C11H17NS2. The highest BCUT2D eigenvalue weighted by atomic mass is 32.1. The normalized spacial score (nSPS) is 17.9. The zero-order valence-corrected chi connectivity index (χ0v) is 10.3. The van der Waals surface area contributed by atoms with E-state index in [1.165, 1.54) is 41.3 Å². The molecule has 0 bridgehead atoms. The molecule has 2 rings (SSSR count). The Hall–Kier alpha value is -0.0200. The molecular weight excluding hydrogens is 210 g/mol. The van der Waals surface area contributed by atoms with Gasteiger partial charge < -0.3 is 0 Å². The Morgan fingerprint density at radius 1 is 1.43 bits per heavy atom. The predicted molar refractivity (Wildman–Crippen MR) is 65.6 cm³/mol. The van der Waals surface area contributed by atoms with Crippen molar-refractivity contribution in [2.75, 3.05) is 5.75 Å². The number of aryl methyl sites for hydroxylation is 2. The van der Waals surface area contributed by atoms with Gasteiger partial charge in [0.05, 0.1) is 10.7 Å². The SMILES string of the molecule is Cc1nc(C2CCCC2)sc1CCS. The number of thiol groups is 1. The van der Waals surface area contributed by atoms with Gasteiger partial charge in [-0.1, -0.05) is 12.8 Å². The molecule has 0 N–H and O–H groups in total. The number of rotatable bonds is 3.